The van der Waals surface area contributed by atoms with E-state index in [0.717, 1.165) is 5.56 Å². The molecule has 112 valence electrons. The Hall–Kier alpha value is -1.99. The van der Waals surface area contributed by atoms with E-state index in [-0.39, 0.29) is 11.7 Å². The smallest absolute Gasteiger partial charge is 0.239 e. The summed E-state index contributed by atoms with van der Waals surface area (Å²) in [6.07, 6.45) is 0. The Bertz CT molecular complexity index is 707. The van der Waals surface area contributed by atoms with E-state index < -0.39 is 10.0 Å². The second kappa shape index (κ2) is 6.19. The molecule has 0 bridgehead atoms. The van der Waals surface area contributed by atoms with Crippen LogP contribution in [0.15, 0.2) is 30.3 Å². The van der Waals surface area contributed by atoms with Gasteiger partial charge in [0.25, 0.3) is 0 Å². The molecule has 0 unspecified atom stereocenters. The monoisotopic (exact) mass is 306 g/mol. The first-order valence-electron chi connectivity index (χ1n) is 6.48. The third-order valence-corrected chi connectivity index (χ3v) is 4.05. The summed E-state index contributed by atoms with van der Waals surface area (Å²) in [4.78, 5) is 8.14. The van der Waals surface area contributed by atoms with Gasteiger partial charge in [0, 0.05) is 17.9 Å². The molecule has 21 heavy (non-hydrogen) atoms. The Kier molecular flexibility index (Phi) is 4.54. The van der Waals surface area contributed by atoms with Crippen LogP contribution < -0.4 is 10.5 Å². The molecule has 3 N–H and O–H groups in total. The number of nitrogens with one attached hydrogen (secondary N) is 1. The molecule has 0 spiro atoms. The number of nitrogens with two attached hydrogens (primary N) is 1. The van der Waals surface area contributed by atoms with E-state index in [2.05, 4.69) is 14.7 Å². The second-order valence-electron chi connectivity index (χ2n) is 4.86. The predicted octanol–water partition coefficient (Wildman–Crippen LogP) is 1.49. The highest BCUT2D eigenvalue weighted by Crippen LogP contribution is 2.11. The van der Waals surface area contributed by atoms with Crippen LogP contribution in [0.3, 0.4) is 0 Å². The number of aromatic nitrogens is 2. The maximum absolute atomic E-state index is 12.1. The number of rotatable bonds is 5. The van der Waals surface area contributed by atoms with Crippen LogP contribution in [0.25, 0.3) is 0 Å². The molecule has 1 aromatic carbocycles. The lowest BCUT2D eigenvalue weighted by Crippen LogP contribution is -2.17. The zero-order chi connectivity index (χ0) is 15.5. The standard InChI is InChI=1S/C14H18N4O2S/c1-10-7-11(2)17-14(16-10)18-21(19,20)9-13-5-3-12(8-15)4-6-13/h3-7H,8-9,15H2,1-2H3,(H,16,17,18). The summed E-state index contributed by atoms with van der Waals surface area (Å²) in [7, 11) is -3.55. The quantitative estimate of drug-likeness (QED) is 0.872. The molecule has 0 aliphatic heterocycles. The van der Waals surface area contributed by atoms with Crippen molar-refractivity contribution < 1.29 is 8.42 Å². The fourth-order valence-electron chi connectivity index (χ4n) is 1.94. The Morgan fingerprint density at radius 1 is 1.05 bits per heavy atom. The molecular formula is C14H18N4O2S. The average Bonchev–Trinajstić information content (AvgIpc) is 2.37. The lowest BCUT2D eigenvalue weighted by molar-refractivity contribution is 0.600. The number of benzene rings is 1. The number of anilines is 1. The fourth-order valence-corrected chi connectivity index (χ4v) is 3.01. The van der Waals surface area contributed by atoms with Gasteiger partial charge in [0.15, 0.2) is 0 Å². The molecule has 0 amide bonds. The van der Waals surface area contributed by atoms with Crippen molar-refractivity contribution in [2.75, 3.05) is 4.72 Å². The van der Waals surface area contributed by atoms with Crippen molar-refractivity contribution in [1.29, 1.82) is 0 Å². The Balaban J connectivity index is 2.14. The molecule has 7 heteroatoms. The van der Waals surface area contributed by atoms with E-state index in [9.17, 15) is 8.42 Å². The van der Waals surface area contributed by atoms with Crippen LogP contribution in [0.1, 0.15) is 22.5 Å². The van der Waals surface area contributed by atoms with Gasteiger partial charge in [-0.25, -0.2) is 18.4 Å². The Morgan fingerprint density at radius 2 is 1.57 bits per heavy atom. The topological polar surface area (TPSA) is 98.0 Å². The molecule has 0 saturated carbocycles. The van der Waals surface area contributed by atoms with Gasteiger partial charge < -0.3 is 5.73 Å². The maximum atomic E-state index is 12.1. The summed E-state index contributed by atoms with van der Waals surface area (Å²) in [6.45, 7) is 4.01. The van der Waals surface area contributed by atoms with Crippen molar-refractivity contribution in [2.24, 2.45) is 5.73 Å². The summed E-state index contributed by atoms with van der Waals surface area (Å²) in [5.41, 5.74) is 8.59. The van der Waals surface area contributed by atoms with Crippen LogP contribution in [0, 0.1) is 13.8 Å². The zero-order valence-corrected chi connectivity index (χ0v) is 12.8. The van der Waals surface area contributed by atoms with Crippen LogP contribution >= 0.6 is 0 Å². The highest BCUT2D eigenvalue weighted by atomic mass is 32.2. The molecule has 0 aliphatic rings. The third-order valence-electron chi connectivity index (χ3n) is 2.84. The minimum absolute atomic E-state index is 0.103. The number of hydrogen-bond donors (Lipinski definition) is 2. The number of sulfonamides is 1. The Labute approximate surface area is 124 Å². The van der Waals surface area contributed by atoms with E-state index in [4.69, 9.17) is 5.73 Å². The van der Waals surface area contributed by atoms with Crippen molar-refractivity contribution in [3.05, 3.63) is 52.8 Å². The molecule has 1 aromatic heterocycles. The van der Waals surface area contributed by atoms with Crippen molar-refractivity contribution in [3.8, 4) is 0 Å². The van der Waals surface area contributed by atoms with Crippen LogP contribution in [-0.4, -0.2) is 18.4 Å². The number of aryl methyl sites for hydroxylation is 2. The van der Waals surface area contributed by atoms with Crippen molar-refractivity contribution in [2.45, 2.75) is 26.1 Å². The third kappa shape index (κ3) is 4.51. The molecule has 2 aromatic rings. The van der Waals surface area contributed by atoms with Gasteiger partial charge in [-0.2, -0.15) is 0 Å². The molecule has 0 fully saturated rings. The average molecular weight is 306 g/mol. The van der Waals surface area contributed by atoms with E-state index in [0.29, 0.717) is 23.5 Å². The molecule has 6 nitrogen and oxygen atoms in total. The number of nitrogens with zero attached hydrogens (tertiary/aromatic N) is 2. The summed E-state index contributed by atoms with van der Waals surface area (Å²) >= 11 is 0. The van der Waals surface area contributed by atoms with Crippen molar-refractivity contribution >= 4 is 16.0 Å². The van der Waals surface area contributed by atoms with Gasteiger partial charge in [0.05, 0.1) is 5.75 Å². The molecule has 1 heterocycles. The summed E-state index contributed by atoms with van der Waals surface area (Å²) in [5.74, 6) is -0.0279. The first-order chi connectivity index (χ1) is 9.88. The molecule has 0 radical (unpaired) electrons. The van der Waals surface area contributed by atoms with Gasteiger partial charge in [-0.1, -0.05) is 24.3 Å². The lowest BCUT2D eigenvalue weighted by Gasteiger charge is -2.08. The first kappa shape index (κ1) is 15.4. The normalized spacial score (nSPS) is 11.4. The zero-order valence-electron chi connectivity index (χ0n) is 12.0. The van der Waals surface area contributed by atoms with Crippen LogP contribution in [0.5, 0.6) is 0 Å². The van der Waals surface area contributed by atoms with Gasteiger partial charge in [-0.15, -0.1) is 0 Å². The van der Waals surface area contributed by atoms with Gasteiger partial charge in [0.2, 0.25) is 16.0 Å². The van der Waals surface area contributed by atoms with E-state index >= 15 is 0 Å². The van der Waals surface area contributed by atoms with Crippen molar-refractivity contribution in [1.82, 2.24) is 9.97 Å². The minimum atomic E-state index is -3.55. The molecule has 0 atom stereocenters. The van der Waals surface area contributed by atoms with E-state index in [1.807, 2.05) is 12.1 Å². The van der Waals surface area contributed by atoms with Gasteiger partial charge in [-0.3, -0.25) is 4.72 Å². The van der Waals surface area contributed by atoms with Crippen molar-refractivity contribution in [3.63, 3.8) is 0 Å². The highest BCUT2D eigenvalue weighted by molar-refractivity contribution is 7.91. The molecule has 0 saturated heterocycles. The Morgan fingerprint density at radius 3 is 2.10 bits per heavy atom. The first-order valence-corrected chi connectivity index (χ1v) is 8.14. The SMILES string of the molecule is Cc1cc(C)nc(NS(=O)(=O)Cc2ccc(CN)cc2)n1. The van der Waals surface area contributed by atoms with Gasteiger partial charge in [0.1, 0.15) is 0 Å². The molecule has 2 rings (SSSR count). The summed E-state index contributed by atoms with van der Waals surface area (Å²) < 4.78 is 26.7. The summed E-state index contributed by atoms with van der Waals surface area (Å²) in [6, 6.07) is 8.92. The second-order valence-corrected chi connectivity index (χ2v) is 6.58. The van der Waals surface area contributed by atoms with Gasteiger partial charge >= 0.3 is 0 Å². The largest absolute Gasteiger partial charge is 0.326 e. The van der Waals surface area contributed by atoms with Gasteiger partial charge in [-0.05, 0) is 31.0 Å². The molecule has 0 aliphatic carbocycles. The van der Waals surface area contributed by atoms with Crippen LogP contribution in [0.2, 0.25) is 0 Å². The highest BCUT2D eigenvalue weighted by Gasteiger charge is 2.14. The van der Waals surface area contributed by atoms with Crippen LogP contribution in [0.4, 0.5) is 5.95 Å². The van der Waals surface area contributed by atoms with E-state index in [1.54, 1.807) is 32.0 Å². The minimum Gasteiger partial charge on any atom is -0.326 e. The predicted molar refractivity (Wildman–Crippen MR) is 82.1 cm³/mol. The van der Waals surface area contributed by atoms with E-state index in [1.165, 1.54) is 0 Å². The maximum Gasteiger partial charge on any atom is 0.239 e. The van der Waals surface area contributed by atoms with Crippen LogP contribution in [-0.2, 0) is 22.3 Å². The fraction of sp³-hybridized carbons (Fsp3) is 0.286. The molecular weight excluding hydrogens is 288 g/mol. The number of hydrogen-bond acceptors (Lipinski definition) is 5. The lowest BCUT2D eigenvalue weighted by atomic mass is 10.1. The summed E-state index contributed by atoms with van der Waals surface area (Å²) in [5, 5.41) is 0.